The molecule has 0 atom stereocenters. The fraction of sp³-hybridized carbons (Fsp3) is 0.118. The lowest BCUT2D eigenvalue weighted by atomic mass is 10.1. The van der Waals surface area contributed by atoms with Crippen LogP contribution in [0.15, 0.2) is 53.3 Å². The minimum Gasteiger partial charge on any atom is -0.380 e. The Kier molecular flexibility index (Phi) is 4.13. The summed E-state index contributed by atoms with van der Waals surface area (Å²) in [7, 11) is 0. The lowest BCUT2D eigenvalue weighted by Gasteiger charge is -2.12. The van der Waals surface area contributed by atoms with Gasteiger partial charge in [0.05, 0.1) is 5.69 Å². The highest BCUT2D eigenvalue weighted by atomic mass is 79.9. The zero-order chi connectivity index (χ0) is 14.8. The number of anilines is 1. The molecule has 0 aliphatic heterocycles. The second-order valence-electron chi connectivity index (χ2n) is 4.95. The van der Waals surface area contributed by atoms with Crippen LogP contribution in [0.1, 0.15) is 11.1 Å². The van der Waals surface area contributed by atoms with Crippen molar-refractivity contribution in [3.63, 3.8) is 0 Å². The minimum atomic E-state index is 0.735. The summed E-state index contributed by atoms with van der Waals surface area (Å²) >= 11 is 9.77. The molecule has 1 N–H and O–H groups in total. The molecule has 0 saturated carbocycles. The molecule has 3 aromatic rings. The summed E-state index contributed by atoms with van der Waals surface area (Å²) in [6.45, 7) is 2.73. The lowest BCUT2D eigenvalue weighted by Crippen LogP contribution is -2.01. The van der Waals surface area contributed by atoms with E-state index >= 15 is 0 Å². The number of benzene rings is 2. The first kappa shape index (κ1) is 14.4. The summed E-state index contributed by atoms with van der Waals surface area (Å²) in [5.74, 6) is 0. The van der Waals surface area contributed by atoms with E-state index in [1.807, 2.05) is 37.5 Å². The van der Waals surface area contributed by atoms with Gasteiger partial charge in [0.25, 0.3) is 0 Å². The van der Waals surface area contributed by atoms with E-state index in [0.717, 1.165) is 32.7 Å². The van der Waals surface area contributed by atoms with E-state index in [4.69, 9.17) is 11.6 Å². The standard InChI is InChI=1S/C17H14BrClN2/c1-11-7-15(18)17(8-16(11)19)21-10-13-4-2-3-12-9-20-6-5-14(12)13/h2-9,21H,10H2,1H3. The minimum absolute atomic E-state index is 0.735. The summed E-state index contributed by atoms with van der Waals surface area (Å²) < 4.78 is 1.02. The fourth-order valence-corrected chi connectivity index (χ4v) is 3.08. The molecule has 0 bridgehead atoms. The van der Waals surface area contributed by atoms with E-state index in [-0.39, 0.29) is 0 Å². The number of hydrogen-bond acceptors (Lipinski definition) is 2. The summed E-state index contributed by atoms with van der Waals surface area (Å²) in [5.41, 5.74) is 3.29. The van der Waals surface area contributed by atoms with Gasteiger partial charge < -0.3 is 5.32 Å². The smallest absolute Gasteiger partial charge is 0.0502 e. The van der Waals surface area contributed by atoms with Crippen LogP contribution in [0.5, 0.6) is 0 Å². The molecule has 2 nitrogen and oxygen atoms in total. The highest BCUT2D eigenvalue weighted by molar-refractivity contribution is 9.10. The second-order valence-corrected chi connectivity index (χ2v) is 6.21. The van der Waals surface area contributed by atoms with Crippen LogP contribution < -0.4 is 5.32 Å². The molecule has 0 spiro atoms. The Morgan fingerprint density at radius 2 is 2.10 bits per heavy atom. The van der Waals surface area contributed by atoms with E-state index in [0.29, 0.717) is 0 Å². The first-order valence-electron chi connectivity index (χ1n) is 6.66. The molecule has 3 rings (SSSR count). The van der Waals surface area contributed by atoms with Gasteiger partial charge in [-0.05, 0) is 57.6 Å². The van der Waals surface area contributed by atoms with Gasteiger partial charge in [0.2, 0.25) is 0 Å². The third-order valence-electron chi connectivity index (χ3n) is 3.49. The number of nitrogens with zero attached hydrogens (tertiary/aromatic N) is 1. The Balaban J connectivity index is 1.89. The van der Waals surface area contributed by atoms with Gasteiger partial charge in [-0.1, -0.05) is 29.8 Å². The van der Waals surface area contributed by atoms with Gasteiger partial charge in [-0.15, -0.1) is 0 Å². The summed E-state index contributed by atoms with van der Waals surface area (Å²) in [4.78, 5) is 4.16. The number of pyridine rings is 1. The van der Waals surface area contributed by atoms with Crippen LogP contribution in [-0.2, 0) is 6.54 Å². The predicted octanol–water partition coefficient (Wildman–Crippen LogP) is 5.57. The molecule has 0 aliphatic carbocycles. The van der Waals surface area contributed by atoms with Crippen molar-refractivity contribution >= 4 is 44.0 Å². The van der Waals surface area contributed by atoms with Gasteiger partial charge in [-0.3, -0.25) is 4.98 Å². The summed E-state index contributed by atoms with van der Waals surface area (Å²) in [6, 6.07) is 12.3. The fourth-order valence-electron chi connectivity index (χ4n) is 2.32. The van der Waals surface area contributed by atoms with Crippen LogP contribution in [0.4, 0.5) is 5.69 Å². The number of hydrogen-bond donors (Lipinski definition) is 1. The monoisotopic (exact) mass is 360 g/mol. The van der Waals surface area contributed by atoms with Crippen LogP contribution in [0, 0.1) is 6.92 Å². The topological polar surface area (TPSA) is 24.9 Å². The highest BCUT2D eigenvalue weighted by Crippen LogP contribution is 2.30. The second kappa shape index (κ2) is 6.04. The number of nitrogens with one attached hydrogen (secondary N) is 1. The van der Waals surface area contributed by atoms with E-state index in [1.165, 1.54) is 10.9 Å². The van der Waals surface area contributed by atoms with E-state index in [2.05, 4.69) is 44.4 Å². The maximum Gasteiger partial charge on any atom is 0.0502 e. The van der Waals surface area contributed by atoms with Crippen molar-refractivity contribution in [3.8, 4) is 0 Å². The quantitative estimate of drug-likeness (QED) is 0.659. The molecule has 0 fully saturated rings. The Morgan fingerprint density at radius 3 is 2.95 bits per heavy atom. The first-order valence-corrected chi connectivity index (χ1v) is 7.83. The van der Waals surface area contributed by atoms with Crippen molar-refractivity contribution in [1.82, 2.24) is 4.98 Å². The molecule has 0 aliphatic rings. The predicted molar refractivity (Wildman–Crippen MR) is 93.0 cm³/mol. The number of rotatable bonds is 3. The van der Waals surface area contributed by atoms with Crippen LogP contribution in [0.2, 0.25) is 5.02 Å². The van der Waals surface area contributed by atoms with Crippen molar-refractivity contribution in [1.29, 1.82) is 0 Å². The van der Waals surface area contributed by atoms with Gasteiger partial charge >= 0.3 is 0 Å². The average molecular weight is 362 g/mol. The van der Waals surface area contributed by atoms with Gasteiger partial charge in [-0.2, -0.15) is 0 Å². The molecule has 0 saturated heterocycles. The third-order valence-corrected chi connectivity index (χ3v) is 4.55. The zero-order valence-corrected chi connectivity index (χ0v) is 13.9. The van der Waals surface area contributed by atoms with Crippen LogP contribution in [-0.4, -0.2) is 4.98 Å². The number of aryl methyl sites for hydroxylation is 1. The molecule has 1 heterocycles. The number of halogens is 2. The van der Waals surface area contributed by atoms with Crippen molar-refractivity contribution in [2.24, 2.45) is 0 Å². The zero-order valence-electron chi connectivity index (χ0n) is 11.5. The Morgan fingerprint density at radius 1 is 1.24 bits per heavy atom. The number of aromatic nitrogens is 1. The Hall–Kier alpha value is -1.58. The molecule has 0 amide bonds. The van der Waals surface area contributed by atoms with Gasteiger partial charge in [0.15, 0.2) is 0 Å². The molecule has 2 aromatic carbocycles. The normalized spacial score (nSPS) is 10.8. The third kappa shape index (κ3) is 3.04. The molecular formula is C17H14BrClN2. The van der Waals surface area contributed by atoms with Gasteiger partial charge in [-0.25, -0.2) is 0 Å². The maximum absolute atomic E-state index is 6.19. The maximum atomic E-state index is 6.19. The van der Waals surface area contributed by atoms with Crippen molar-refractivity contribution in [2.45, 2.75) is 13.5 Å². The lowest BCUT2D eigenvalue weighted by molar-refractivity contribution is 1.16. The largest absolute Gasteiger partial charge is 0.380 e. The molecule has 21 heavy (non-hydrogen) atoms. The summed E-state index contributed by atoms with van der Waals surface area (Å²) in [5, 5.41) is 6.57. The first-order chi connectivity index (χ1) is 10.1. The summed E-state index contributed by atoms with van der Waals surface area (Å²) in [6.07, 6.45) is 3.71. The highest BCUT2D eigenvalue weighted by Gasteiger charge is 2.05. The van der Waals surface area contributed by atoms with Crippen LogP contribution in [0.3, 0.4) is 0 Å². The van der Waals surface area contributed by atoms with Crippen molar-refractivity contribution in [2.75, 3.05) is 5.32 Å². The molecule has 0 radical (unpaired) electrons. The SMILES string of the molecule is Cc1cc(Br)c(NCc2cccc3cnccc23)cc1Cl. The molecule has 106 valence electrons. The Bertz CT molecular complexity index is 797. The van der Waals surface area contributed by atoms with Crippen molar-refractivity contribution in [3.05, 3.63) is 69.4 Å². The molecule has 1 aromatic heterocycles. The average Bonchev–Trinajstić information content (AvgIpc) is 2.49. The molecule has 4 heteroatoms. The van der Waals surface area contributed by atoms with E-state index in [1.54, 1.807) is 0 Å². The number of fused-ring (bicyclic) bond motifs is 1. The van der Waals surface area contributed by atoms with Crippen LogP contribution >= 0.6 is 27.5 Å². The van der Waals surface area contributed by atoms with Crippen molar-refractivity contribution < 1.29 is 0 Å². The van der Waals surface area contributed by atoms with Gasteiger partial charge in [0, 0.05) is 33.8 Å². The van der Waals surface area contributed by atoms with Gasteiger partial charge in [0.1, 0.15) is 0 Å². The molecule has 0 unspecified atom stereocenters. The van der Waals surface area contributed by atoms with E-state index < -0.39 is 0 Å². The Labute approximate surface area is 137 Å². The van der Waals surface area contributed by atoms with Crippen LogP contribution in [0.25, 0.3) is 10.8 Å². The van der Waals surface area contributed by atoms with E-state index in [9.17, 15) is 0 Å². The molecular weight excluding hydrogens is 348 g/mol.